The summed E-state index contributed by atoms with van der Waals surface area (Å²) in [4.78, 5) is 17.4. The van der Waals surface area contributed by atoms with Gasteiger partial charge in [-0.15, -0.1) is 0 Å². The van der Waals surface area contributed by atoms with Gasteiger partial charge in [0.2, 0.25) is 17.8 Å². The number of nitrogens with one attached hydrogen (secondary N) is 2. The van der Waals surface area contributed by atoms with Crippen LogP contribution in [0.5, 0.6) is 0 Å². The van der Waals surface area contributed by atoms with Gasteiger partial charge in [-0.05, 0) is 46.5 Å². The summed E-state index contributed by atoms with van der Waals surface area (Å²) in [6.07, 6.45) is 23.5. The minimum atomic E-state index is -3.04. The van der Waals surface area contributed by atoms with Crippen LogP contribution >= 0.6 is 0 Å². The molecule has 1 rings (SSSR count). The molecule has 2 N–H and O–H groups in total. The van der Waals surface area contributed by atoms with Crippen LogP contribution in [-0.4, -0.2) is 68.9 Å². The molecule has 270 valence electrons. The molecule has 1 aromatic heterocycles. The summed E-state index contributed by atoms with van der Waals surface area (Å²) < 4.78 is 18.9. The molecule has 0 aliphatic rings. The predicted molar refractivity (Wildman–Crippen MR) is 199 cm³/mol. The summed E-state index contributed by atoms with van der Waals surface area (Å²) in [6.45, 7) is 19.3. The van der Waals surface area contributed by atoms with Gasteiger partial charge < -0.3 is 28.8 Å². The van der Waals surface area contributed by atoms with E-state index in [0.29, 0.717) is 31.7 Å². The highest BCUT2D eigenvalue weighted by Crippen LogP contribution is 2.23. The Hall–Kier alpha value is -1.49. The summed E-state index contributed by atoms with van der Waals surface area (Å²) in [5, 5.41) is 7.17. The monoisotopic (exact) mass is 667 g/mol. The number of aromatic nitrogens is 3. The lowest BCUT2D eigenvalue weighted by atomic mass is 10.1. The molecule has 0 aromatic carbocycles. The average Bonchev–Trinajstić information content (AvgIpc) is 3.05. The molecule has 0 fully saturated rings. The van der Waals surface area contributed by atoms with E-state index in [-0.39, 0.29) is 5.67 Å². The standard InChI is InChI=1S/C36H74N6O3Si/c1-8-15-18-21-24-27-30-37-34-39-35(38-33(11-4)46(43-12-5,44-13-6)45-14-7)41-36(40-34)42(31-28-25-22-19-16-9-2)32-29-26-23-20-17-10-3/h33H,8-32H2,1-7H3,(H2,37,38,39,40,41). The minimum Gasteiger partial charge on any atom is -0.373 e. The van der Waals surface area contributed by atoms with E-state index in [1.54, 1.807) is 0 Å². The first kappa shape index (κ1) is 42.5. The average molecular weight is 667 g/mol. The molecule has 0 amide bonds. The molecule has 0 spiro atoms. The SMILES string of the molecule is CCCCCCCCNc1nc(NC(CC)[Si](OCC)(OCC)OCC)nc(N(CCCCCCCC)CCCCCCCC)n1. The Morgan fingerprint density at radius 1 is 0.543 bits per heavy atom. The molecule has 9 nitrogen and oxygen atoms in total. The van der Waals surface area contributed by atoms with E-state index in [4.69, 9.17) is 28.2 Å². The number of unbranched alkanes of at least 4 members (excludes halogenated alkanes) is 15. The van der Waals surface area contributed by atoms with Gasteiger partial charge in [0, 0.05) is 39.5 Å². The summed E-state index contributed by atoms with van der Waals surface area (Å²) in [5.41, 5.74) is -0.167. The predicted octanol–water partition coefficient (Wildman–Crippen LogP) is 9.95. The molecule has 1 heterocycles. The summed E-state index contributed by atoms with van der Waals surface area (Å²) in [7, 11) is -3.04. The molecular weight excluding hydrogens is 593 g/mol. The Morgan fingerprint density at radius 2 is 0.978 bits per heavy atom. The Bertz CT molecular complexity index is 804. The topological polar surface area (TPSA) is 93.7 Å². The van der Waals surface area contributed by atoms with Crippen LogP contribution in [0.4, 0.5) is 17.8 Å². The molecular formula is C36H74N6O3Si. The van der Waals surface area contributed by atoms with Crippen molar-refractivity contribution in [1.29, 1.82) is 0 Å². The molecule has 1 aromatic rings. The Morgan fingerprint density at radius 3 is 1.43 bits per heavy atom. The second-order valence-corrected chi connectivity index (χ2v) is 15.3. The van der Waals surface area contributed by atoms with E-state index in [1.165, 1.54) is 96.3 Å². The van der Waals surface area contributed by atoms with Crippen LogP contribution in [0.1, 0.15) is 170 Å². The molecule has 0 bridgehead atoms. The number of nitrogens with zero attached hydrogens (tertiary/aromatic N) is 4. The van der Waals surface area contributed by atoms with Gasteiger partial charge in [-0.2, -0.15) is 15.0 Å². The van der Waals surface area contributed by atoms with E-state index in [9.17, 15) is 0 Å². The second-order valence-electron chi connectivity index (χ2n) is 12.5. The third-order valence-electron chi connectivity index (χ3n) is 8.46. The molecule has 1 atom stereocenters. The van der Waals surface area contributed by atoms with Gasteiger partial charge in [0.1, 0.15) is 0 Å². The van der Waals surface area contributed by atoms with Crippen molar-refractivity contribution >= 4 is 26.6 Å². The highest BCUT2D eigenvalue weighted by Gasteiger charge is 2.49. The molecule has 0 aliphatic heterocycles. The van der Waals surface area contributed by atoms with Crippen LogP contribution in [0, 0.1) is 0 Å². The minimum absolute atomic E-state index is 0.167. The maximum atomic E-state index is 6.28. The molecule has 0 saturated heterocycles. The number of rotatable bonds is 33. The van der Waals surface area contributed by atoms with Crippen molar-refractivity contribution in [1.82, 2.24) is 15.0 Å². The lowest BCUT2D eigenvalue weighted by Crippen LogP contribution is -2.59. The van der Waals surface area contributed by atoms with Gasteiger partial charge in [0.15, 0.2) is 0 Å². The summed E-state index contributed by atoms with van der Waals surface area (Å²) in [6, 6.07) is 0. The van der Waals surface area contributed by atoms with E-state index in [1.807, 2.05) is 20.8 Å². The first-order chi connectivity index (χ1) is 22.5. The third kappa shape index (κ3) is 18.2. The fourth-order valence-corrected chi connectivity index (χ4v) is 8.73. The van der Waals surface area contributed by atoms with Gasteiger partial charge in [0.25, 0.3) is 0 Å². The highest BCUT2D eigenvalue weighted by molar-refractivity contribution is 6.63. The zero-order chi connectivity index (χ0) is 33.7. The first-order valence-electron chi connectivity index (χ1n) is 19.5. The van der Waals surface area contributed by atoms with Crippen molar-refractivity contribution in [2.75, 3.05) is 55.0 Å². The summed E-state index contributed by atoms with van der Waals surface area (Å²) in [5.74, 6) is 1.97. The van der Waals surface area contributed by atoms with Gasteiger partial charge >= 0.3 is 8.80 Å². The van der Waals surface area contributed by atoms with Crippen molar-refractivity contribution in [3.8, 4) is 0 Å². The molecule has 0 aliphatic carbocycles. The quantitative estimate of drug-likeness (QED) is 0.0561. The smallest absolute Gasteiger partial charge is 0.373 e. The molecule has 10 heteroatoms. The largest absolute Gasteiger partial charge is 0.524 e. The van der Waals surface area contributed by atoms with Crippen LogP contribution in [0.3, 0.4) is 0 Å². The van der Waals surface area contributed by atoms with Crippen molar-refractivity contribution in [3.63, 3.8) is 0 Å². The molecule has 0 saturated carbocycles. The van der Waals surface area contributed by atoms with Gasteiger partial charge in [-0.25, -0.2) is 0 Å². The summed E-state index contributed by atoms with van der Waals surface area (Å²) >= 11 is 0. The molecule has 1 unspecified atom stereocenters. The van der Waals surface area contributed by atoms with Crippen molar-refractivity contribution in [2.45, 2.75) is 176 Å². The van der Waals surface area contributed by atoms with Crippen molar-refractivity contribution < 1.29 is 13.3 Å². The first-order valence-corrected chi connectivity index (χ1v) is 21.3. The Kier molecular flexibility index (Phi) is 26.4. The molecule has 0 radical (unpaired) electrons. The normalized spacial score (nSPS) is 12.4. The maximum Gasteiger partial charge on any atom is 0.524 e. The zero-order valence-electron chi connectivity index (χ0n) is 31.3. The van der Waals surface area contributed by atoms with E-state index >= 15 is 0 Å². The van der Waals surface area contributed by atoms with Gasteiger partial charge in [-0.1, -0.05) is 124 Å². The number of hydrogen-bond donors (Lipinski definition) is 2. The van der Waals surface area contributed by atoms with Crippen LogP contribution in [0.2, 0.25) is 0 Å². The fourth-order valence-electron chi connectivity index (χ4n) is 5.86. The van der Waals surface area contributed by atoms with Crippen LogP contribution in [0.15, 0.2) is 0 Å². The maximum absolute atomic E-state index is 6.28. The van der Waals surface area contributed by atoms with Crippen LogP contribution < -0.4 is 15.5 Å². The highest BCUT2D eigenvalue weighted by atomic mass is 28.4. The van der Waals surface area contributed by atoms with Crippen LogP contribution in [0.25, 0.3) is 0 Å². The number of anilines is 3. The lowest BCUT2D eigenvalue weighted by molar-refractivity contribution is 0.0638. The third-order valence-corrected chi connectivity index (χ3v) is 11.9. The van der Waals surface area contributed by atoms with E-state index in [2.05, 4.69) is 43.2 Å². The molecule has 46 heavy (non-hydrogen) atoms. The second kappa shape index (κ2) is 28.5. The fraction of sp³-hybridized carbons (Fsp3) is 0.917. The number of hydrogen-bond acceptors (Lipinski definition) is 9. The van der Waals surface area contributed by atoms with E-state index in [0.717, 1.165) is 51.3 Å². The van der Waals surface area contributed by atoms with Crippen molar-refractivity contribution in [3.05, 3.63) is 0 Å². The van der Waals surface area contributed by atoms with Gasteiger partial charge in [0.05, 0.1) is 5.67 Å². The zero-order valence-corrected chi connectivity index (χ0v) is 32.3. The van der Waals surface area contributed by atoms with Gasteiger partial charge in [-0.3, -0.25) is 0 Å². The Labute approximate surface area is 285 Å². The lowest BCUT2D eigenvalue weighted by Gasteiger charge is -2.35. The van der Waals surface area contributed by atoms with E-state index < -0.39 is 8.80 Å². The Balaban J connectivity index is 3.27. The van der Waals surface area contributed by atoms with Crippen molar-refractivity contribution in [2.24, 2.45) is 0 Å². The van der Waals surface area contributed by atoms with Crippen LogP contribution in [-0.2, 0) is 13.3 Å².